The SMILES string of the molecule is C=CC(C)NS(=O)(=O)c1c(N)cc(Br)cc1Br. The molecule has 1 aromatic carbocycles. The van der Waals surface area contributed by atoms with Crippen LogP contribution >= 0.6 is 31.9 Å². The predicted molar refractivity (Wildman–Crippen MR) is 76.2 cm³/mol. The minimum absolute atomic E-state index is 0.0365. The lowest BCUT2D eigenvalue weighted by Crippen LogP contribution is -2.31. The second kappa shape index (κ2) is 5.51. The number of sulfonamides is 1. The van der Waals surface area contributed by atoms with E-state index in [4.69, 9.17) is 5.73 Å². The molecule has 0 fully saturated rings. The predicted octanol–water partition coefficient (Wildman–Crippen LogP) is 2.65. The maximum Gasteiger partial charge on any atom is 0.244 e. The number of hydrogen-bond donors (Lipinski definition) is 2. The van der Waals surface area contributed by atoms with E-state index < -0.39 is 10.0 Å². The molecule has 0 saturated heterocycles. The van der Waals surface area contributed by atoms with Gasteiger partial charge in [0.1, 0.15) is 4.90 Å². The van der Waals surface area contributed by atoms with Gasteiger partial charge < -0.3 is 5.73 Å². The van der Waals surface area contributed by atoms with E-state index in [9.17, 15) is 8.42 Å². The van der Waals surface area contributed by atoms with Crippen molar-refractivity contribution in [3.05, 3.63) is 33.7 Å². The molecule has 0 spiro atoms. The van der Waals surface area contributed by atoms with Crippen LogP contribution in [0.1, 0.15) is 6.92 Å². The number of nitrogens with two attached hydrogens (primary N) is 1. The lowest BCUT2D eigenvalue weighted by molar-refractivity contribution is 0.576. The van der Waals surface area contributed by atoms with Gasteiger partial charge in [-0.2, -0.15) is 0 Å². The van der Waals surface area contributed by atoms with Gasteiger partial charge in [0, 0.05) is 15.0 Å². The molecule has 0 aliphatic heterocycles. The largest absolute Gasteiger partial charge is 0.398 e. The zero-order valence-corrected chi connectivity index (χ0v) is 13.1. The Balaban J connectivity index is 3.29. The summed E-state index contributed by atoms with van der Waals surface area (Å²) >= 11 is 6.43. The summed E-state index contributed by atoms with van der Waals surface area (Å²) in [6.07, 6.45) is 1.50. The summed E-state index contributed by atoms with van der Waals surface area (Å²) in [5.74, 6) is 0. The van der Waals surface area contributed by atoms with E-state index in [2.05, 4.69) is 43.2 Å². The molecule has 1 aromatic rings. The highest BCUT2D eigenvalue weighted by atomic mass is 79.9. The third-order valence-electron chi connectivity index (χ3n) is 2.00. The Kier molecular flexibility index (Phi) is 4.77. The summed E-state index contributed by atoms with van der Waals surface area (Å²) in [6, 6.07) is 2.80. The van der Waals surface area contributed by atoms with E-state index in [0.717, 1.165) is 0 Å². The average Bonchev–Trinajstić information content (AvgIpc) is 2.14. The first-order valence-electron chi connectivity index (χ1n) is 4.67. The monoisotopic (exact) mass is 382 g/mol. The molecule has 0 aliphatic rings. The lowest BCUT2D eigenvalue weighted by atomic mass is 10.3. The molecule has 1 rings (SSSR count). The quantitative estimate of drug-likeness (QED) is 0.620. The molecule has 1 atom stereocenters. The van der Waals surface area contributed by atoms with Crippen molar-refractivity contribution in [1.29, 1.82) is 0 Å². The van der Waals surface area contributed by atoms with E-state index in [1.54, 1.807) is 13.0 Å². The van der Waals surface area contributed by atoms with Gasteiger partial charge in [0.15, 0.2) is 0 Å². The molecule has 0 saturated carbocycles. The molecule has 1 unspecified atom stereocenters. The number of anilines is 1. The highest BCUT2D eigenvalue weighted by molar-refractivity contribution is 9.11. The van der Waals surface area contributed by atoms with E-state index in [-0.39, 0.29) is 16.6 Å². The number of halogens is 2. The second-order valence-electron chi connectivity index (χ2n) is 3.45. The van der Waals surface area contributed by atoms with Crippen molar-refractivity contribution >= 4 is 47.6 Å². The van der Waals surface area contributed by atoms with Gasteiger partial charge in [-0.3, -0.25) is 0 Å². The summed E-state index contributed by atoms with van der Waals surface area (Å²) in [5.41, 5.74) is 5.90. The van der Waals surface area contributed by atoms with Crippen LogP contribution in [-0.2, 0) is 10.0 Å². The number of nitrogens with one attached hydrogen (secondary N) is 1. The Bertz CT molecular complexity index is 520. The molecule has 0 heterocycles. The number of rotatable bonds is 4. The summed E-state index contributed by atoms with van der Waals surface area (Å²) < 4.78 is 27.7. The smallest absolute Gasteiger partial charge is 0.244 e. The first-order valence-corrected chi connectivity index (χ1v) is 7.74. The average molecular weight is 384 g/mol. The molecule has 3 N–H and O–H groups in total. The Hall–Kier alpha value is -0.370. The Labute approximate surface area is 118 Å². The summed E-state index contributed by atoms with van der Waals surface area (Å²) in [5, 5.41) is 0. The fraction of sp³-hybridized carbons (Fsp3) is 0.200. The number of benzene rings is 1. The summed E-state index contributed by atoms with van der Waals surface area (Å²) in [6.45, 7) is 5.21. The molecule has 0 radical (unpaired) electrons. The van der Waals surface area contributed by atoms with Gasteiger partial charge in [-0.25, -0.2) is 13.1 Å². The van der Waals surface area contributed by atoms with Crippen molar-refractivity contribution in [2.45, 2.75) is 17.9 Å². The van der Waals surface area contributed by atoms with Crippen LogP contribution in [0.5, 0.6) is 0 Å². The molecule has 0 amide bonds. The maximum absolute atomic E-state index is 12.1. The van der Waals surface area contributed by atoms with Crippen molar-refractivity contribution in [2.75, 3.05) is 5.73 Å². The standard InChI is InChI=1S/C10H12Br2N2O2S/c1-3-6(2)14-17(15,16)10-8(12)4-7(11)5-9(10)13/h3-6,14H,1,13H2,2H3. The van der Waals surface area contributed by atoms with Gasteiger partial charge in [-0.1, -0.05) is 22.0 Å². The lowest BCUT2D eigenvalue weighted by Gasteiger charge is -2.13. The molecular formula is C10H12Br2N2O2S. The van der Waals surface area contributed by atoms with Crippen LogP contribution in [-0.4, -0.2) is 14.5 Å². The molecule has 94 valence electrons. The highest BCUT2D eigenvalue weighted by Gasteiger charge is 2.22. The molecule has 17 heavy (non-hydrogen) atoms. The number of nitrogen functional groups attached to an aromatic ring is 1. The van der Waals surface area contributed by atoms with Gasteiger partial charge in [0.25, 0.3) is 0 Å². The Morgan fingerprint density at radius 3 is 2.53 bits per heavy atom. The maximum atomic E-state index is 12.1. The van der Waals surface area contributed by atoms with Crippen molar-refractivity contribution in [1.82, 2.24) is 4.72 Å². The van der Waals surface area contributed by atoms with Crippen LogP contribution in [0.15, 0.2) is 38.6 Å². The Morgan fingerprint density at radius 1 is 1.47 bits per heavy atom. The minimum atomic E-state index is -3.66. The van der Waals surface area contributed by atoms with Gasteiger partial charge >= 0.3 is 0 Å². The van der Waals surface area contributed by atoms with Gasteiger partial charge in [0.2, 0.25) is 10.0 Å². The topological polar surface area (TPSA) is 72.2 Å². The Morgan fingerprint density at radius 2 is 2.06 bits per heavy atom. The van der Waals surface area contributed by atoms with Crippen LogP contribution in [0, 0.1) is 0 Å². The van der Waals surface area contributed by atoms with Crippen molar-refractivity contribution < 1.29 is 8.42 Å². The molecule has 4 nitrogen and oxygen atoms in total. The van der Waals surface area contributed by atoms with Gasteiger partial charge in [-0.15, -0.1) is 6.58 Å². The van der Waals surface area contributed by atoms with Crippen molar-refractivity contribution in [2.24, 2.45) is 0 Å². The van der Waals surface area contributed by atoms with Crippen LogP contribution in [0.25, 0.3) is 0 Å². The van der Waals surface area contributed by atoms with Gasteiger partial charge in [0.05, 0.1) is 5.69 Å². The molecular weight excluding hydrogens is 372 g/mol. The third kappa shape index (κ3) is 3.54. The molecule has 7 heteroatoms. The summed E-state index contributed by atoms with van der Waals surface area (Å²) in [4.78, 5) is 0.0365. The van der Waals surface area contributed by atoms with Gasteiger partial charge in [-0.05, 0) is 35.0 Å². The summed E-state index contributed by atoms with van der Waals surface area (Å²) in [7, 11) is -3.66. The fourth-order valence-electron chi connectivity index (χ4n) is 1.22. The van der Waals surface area contributed by atoms with E-state index in [1.807, 2.05) is 0 Å². The van der Waals surface area contributed by atoms with Crippen molar-refractivity contribution in [3.63, 3.8) is 0 Å². The van der Waals surface area contributed by atoms with E-state index >= 15 is 0 Å². The highest BCUT2D eigenvalue weighted by Crippen LogP contribution is 2.31. The van der Waals surface area contributed by atoms with Crippen LogP contribution in [0.2, 0.25) is 0 Å². The van der Waals surface area contributed by atoms with Crippen LogP contribution in [0.4, 0.5) is 5.69 Å². The zero-order valence-electron chi connectivity index (χ0n) is 9.07. The third-order valence-corrected chi connectivity index (χ3v) is 5.02. The first-order chi connectivity index (χ1) is 7.77. The zero-order chi connectivity index (χ0) is 13.2. The fourth-order valence-corrected chi connectivity index (χ4v) is 4.50. The second-order valence-corrected chi connectivity index (χ2v) is 6.87. The van der Waals surface area contributed by atoms with E-state index in [1.165, 1.54) is 12.1 Å². The molecule has 0 bridgehead atoms. The van der Waals surface area contributed by atoms with Crippen molar-refractivity contribution in [3.8, 4) is 0 Å². The normalized spacial score (nSPS) is 13.4. The minimum Gasteiger partial charge on any atom is -0.398 e. The molecule has 0 aliphatic carbocycles. The molecule has 0 aromatic heterocycles. The number of hydrogen-bond acceptors (Lipinski definition) is 3. The van der Waals surface area contributed by atoms with E-state index in [0.29, 0.717) is 8.95 Å². The van der Waals surface area contributed by atoms with Crippen LogP contribution in [0.3, 0.4) is 0 Å². The first kappa shape index (κ1) is 14.7. The van der Waals surface area contributed by atoms with Crippen LogP contribution < -0.4 is 10.5 Å².